The zero-order valence-electron chi connectivity index (χ0n) is 18.7. The van der Waals surface area contributed by atoms with Gasteiger partial charge in [0.2, 0.25) is 0 Å². The van der Waals surface area contributed by atoms with Gasteiger partial charge in [-0.1, -0.05) is 91.0 Å². The number of fused-ring (bicyclic) bond motifs is 13. The SMILES string of the molecule is OB(O)c1c2c(cc3c1oc1ccccc13)C1(c3ccccc3-c3ccccc31)c1ccccc1-2. The summed E-state index contributed by atoms with van der Waals surface area (Å²) < 4.78 is 6.26. The Labute approximate surface area is 202 Å². The van der Waals surface area contributed by atoms with Gasteiger partial charge in [-0.2, -0.15) is 0 Å². The summed E-state index contributed by atoms with van der Waals surface area (Å²) in [5, 5.41) is 23.4. The van der Waals surface area contributed by atoms with Crippen LogP contribution in [0.4, 0.5) is 0 Å². The molecule has 8 rings (SSSR count). The highest BCUT2D eigenvalue weighted by Gasteiger charge is 2.53. The smallest absolute Gasteiger partial charge is 0.456 e. The van der Waals surface area contributed by atoms with Crippen molar-refractivity contribution in [2.75, 3.05) is 0 Å². The highest BCUT2D eigenvalue weighted by Crippen LogP contribution is 2.62. The van der Waals surface area contributed by atoms with E-state index >= 15 is 0 Å². The monoisotopic (exact) mass is 450 g/mol. The lowest BCUT2D eigenvalue weighted by atomic mass is 9.68. The van der Waals surface area contributed by atoms with Gasteiger partial charge in [0.15, 0.2) is 0 Å². The fraction of sp³-hybridized carbons (Fsp3) is 0.0323. The molecule has 0 fully saturated rings. The second-order valence-electron chi connectivity index (χ2n) is 9.45. The third-order valence-electron chi connectivity index (χ3n) is 7.92. The van der Waals surface area contributed by atoms with E-state index in [4.69, 9.17) is 4.42 Å². The van der Waals surface area contributed by atoms with Crippen LogP contribution in [0.2, 0.25) is 0 Å². The molecule has 1 heterocycles. The molecule has 2 aliphatic rings. The zero-order chi connectivity index (χ0) is 23.3. The summed E-state index contributed by atoms with van der Waals surface area (Å²) in [6.07, 6.45) is 0. The first-order chi connectivity index (χ1) is 17.2. The van der Waals surface area contributed by atoms with Crippen LogP contribution in [0.25, 0.3) is 44.2 Å². The standard InChI is InChI=1S/C31H19BO3/c33-32(34)29-28-21-12-3-7-15-25(21)31(23-13-5-1-9-18(23)19-10-2-6-14-24(19)31)26(28)17-22-20-11-4-8-16-27(20)35-30(22)29/h1-17,33-34H. The number of furan rings is 1. The van der Waals surface area contributed by atoms with Gasteiger partial charge in [0.1, 0.15) is 11.2 Å². The quantitative estimate of drug-likeness (QED) is 0.320. The first kappa shape index (κ1) is 19.2. The highest BCUT2D eigenvalue weighted by molar-refractivity contribution is 6.64. The molecular formula is C31H19BO3. The molecule has 5 aromatic carbocycles. The summed E-state index contributed by atoms with van der Waals surface area (Å²) in [7, 11) is -1.68. The van der Waals surface area contributed by atoms with E-state index in [0.717, 1.165) is 38.6 Å². The lowest BCUT2D eigenvalue weighted by molar-refractivity contribution is 0.425. The molecule has 3 nitrogen and oxygen atoms in total. The van der Waals surface area contributed by atoms with Crippen molar-refractivity contribution in [2.24, 2.45) is 0 Å². The van der Waals surface area contributed by atoms with Crippen LogP contribution in [0.5, 0.6) is 0 Å². The van der Waals surface area contributed by atoms with E-state index in [1.54, 1.807) is 0 Å². The van der Waals surface area contributed by atoms with Gasteiger partial charge in [0.05, 0.1) is 5.41 Å². The number of hydrogen-bond acceptors (Lipinski definition) is 3. The van der Waals surface area contributed by atoms with Crippen molar-refractivity contribution in [3.8, 4) is 22.3 Å². The normalized spacial score (nSPS) is 14.2. The molecule has 2 N–H and O–H groups in total. The topological polar surface area (TPSA) is 53.6 Å². The summed E-state index contributed by atoms with van der Waals surface area (Å²) in [5.74, 6) is 0. The molecule has 164 valence electrons. The Hall–Kier alpha value is -4.12. The van der Waals surface area contributed by atoms with Crippen LogP contribution in [-0.4, -0.2) is 17.2 Å². The van der Waals surface area contributed by atoms with Crippen molar-refractivity contribution in [3.63, 3.8) is 0 Å². The van der Waals surface area contributed by atoms with Gasteiger partial charge in [0.25, 0.3) is 0 Å². The van der Waals surface area contributed by atoms with Gasteiger partial charge in [-0.25, -0.2) is 0 Å². The number of rotatable bonds is 1. The third kappa shape index (κ3) is 2.15. The molecule has 0 atom stereocenters. The molecule has 0 bridgehead atoms. The van der Waals surface area contributed by atoms with Crippen molar-refractivity contribution in [2.45, 2.75) is 5.41 Å². The summed E-state index contributed by atoms with van der Waals surface area (Å²) in [6, 6.07) is 35.7. The molecular weight excluding hydrogens is 431 g/mol. The molecule has 1 aromatic heterocycles. The molecule has 0 saturated heterocycles. The van der Waals surface area contributed by atoms with Crippen molar-refractivity contribution in [1.82, 2.24) is 0 Å². The summed E-state index contributed by atoms with van der Waals surface area (Å²) >= 11 is 0. The van der Waals surface area contributed by atoms with Crippen LogP contribution >= 0.6 is 0 Å². The Balaban J connectivity index is 1.65. The maximum absolute atomic E-state index is 10.8. The van der Waals surface area contributed by atoms with Crippen molar-refractivity contribution >= 4 is 34.5 Å². The van der Waals surface area contributed by atoms with E-state index in [2.05, 4.69) is 72.8 Å². The highest BCUT2D eigenvalue weighted by atomic mass is 16.4. The van der Waals surface area contributed by atoms with Crippen LogP contribution in [-0.2, 0) is 5.41 Å². The van der Waals surface area contributed by atoms with Crippen molar-refractivity contribution < 1.29 is 14.5 Å². The Morgan fingerprint density at radius 3 is 1.77 bits per heavy atom. The predicted molar refractivity (Wildman–Crippen MR) is 140 cm³/mol. The van der Waals surface area contributed by atoms with Crippen LogP contribution < -0.4 is 5.46 Å². The molecule has 0 amide bonds. The summed E-state index contributed by atoms with van der Waals surface area (Å²) in [6.45, 7) is 0. The molecule has 4 heteroatoms. The summed E-state index contributed by atoms with van der Waals surface area (Å²) in [5.41, 5.74) is 10.1. The largest absolute Gasteiger partial charge is 0.492 e. The van der Waals surface area contributed by atoms with E-state index in [0.29, 0.717) is 11.0 Å². The third-order valence-corrected chi connectivity index (χ3v) is 7.92. The molecule has 0 saturated carbocycles. The molecule has 6 aromatic rings. The average Bonchev–Trinajstić information content (AvgIpc) is 3.51. The van der Waals surface area contributed by atoms with Gasteiger partial charge in [0, 0.05) is 16.2 Å². The lowest BCUT2D eigenvalue weighted by Crippen LogP contribution is -2.33. The fourth-order valence-electron chi connectivity index (χ4n) is 6.70. The molecule has 2 aliphatic carbocycles. The molecule has 0 aliphatic heterocycles. The number of para-hydroxylation sites is 1. The van der Waals surface area contributed by atoms with Crippen LogP contribution in [0.15, 0.2) is 108 Å². The second-order valence-corrected chi connectivity index (χ2v) is 9.45. The van der Waals surface area contributed by atoms with E-state index in [1.807, 2.05) is 30.3 Å². The van der Waals surface area contributed by atoms with E-state index < -0.39 is 12.5 Å². The van der Waals surface area contributed by atoms with E-state index in [1.165, 1.54) is 22.3 Å². The predicted octanol–water partition coefficient (Wildman–Crippen LogP) is 5.61. The maximum Gasteiger partial charge on any atom is 0.492 e. The minimum absolute atomic E-state index is 0.430. The first-order valence-corrected chi connectivity index (χ1v) is 11.9. The fourth-order valence-corrected chi connectivity index (χ4v) is 6.70. The number of hydrogen-bond donors (Lipinski definition) is 2. The minimum atomic E-state index is -1.68. The average molecular weight is 450 g/mol. The van der Waals surface area contributed by atoms with Gasteiger partial charge in [-0.05, 0) is 56.6 Å². The summed E-state index contributed by atoms with van der Waals surface area (Å²) in [4.78, 5) is 0. The molecule has 0 unspecified atom stereocenters. The van der Waals surface area contributed by atoms with Crippen LogP contribution in [0.1, 0.15) is 22.3 Å². The second kappa shape index (κ2) is 6.51. The Morgan fingerprint density at radius 2 is 1.11 bits per heavy atom. The Morgan fingerprint density at radius 1 is 0.571 bits per heavy atom. The van der Waals surface area contributed by atoms with Crippen molar-refractivity contribution in [1.29, 1.82) is 0 Å². The lowest BCUT2D eigenvalue weighted by Gasteiger charge is -2.30. The van der Waals surface area contributed by atoms with Crippen LogP contribution in [0, 0.1) is 0 Å². The Kier molecular flexibility index (Phi) is 3.57. The molecule has 0 radical (unpaired) electrons. The minimum Gasteiger partial charge on any atom is -0.456 e. The van der Waals surface area contributed by atoms with E-state index in [-0.39, 0.29) is 0 Å². The van der Waals surface area contributed by atoms with Crippen LogP contribution in [0.3, 0.4) is 0 Å². The maximum atomic E-state index is 10.8. The first-order valence-electron chi connectivity index (χ1n) is 11.9. The van der Waals surface area contributed by atoms with Gasteiger partial charge >= 0.3 is 7.12 Å². The molecule has 1 spiro atoms. The van der Waals surface area contributed by atoms with Gasteiger partial charge in [-0.3, -0.25) is 0 Å². The number of benzene rings is 5. The van der Waals surface area contributed by atoms with E-state index in [9.17, 15) is 10.0 Å². The van der Waals surface area contributed by atoms with Gasteiger partial charge < -0.3 is 14.5 Å². The van der Waals surface area contributed by atoms with Gasteiger partial charge in [-0.15, -0.1) is 0 Å². The molecule has 35 heavy (non-hydrogen) atoms. The van der Waals surface area contributed by atoms with Crippen molar-refractivity contribution in [3.05, 3.63) is 125 Å². The Bertz CT molecular complexity index is 1800. The zero-order valence-corrected chi connectivity index (χ0v) is 18.7.